The van der Waals surface area contributed by atoms with Gasteiger partial charge >= 0.3 is 0 Å². The summed E-state index contributed by atoms with van der Waals surface area (Å²) in [7, 11) is 0. The molecule has 0 aliphatic carbocycles. The summed E-state index contributed by atoms with van der Waals surface area (Å²) in [4.78, 5) is 29.2. The lowest BCUT2D eigenvalue weighted by molar-refractivity contribution is -0.140. The molecule has 0 radical (unpaired) electrons. The highest BCUT2D eigenvalue weighted by Gasteiger charge is 2.26. The van der Waals surface area contributed by atoms with E-state index in [1.165, 1.54) is 22.2 Å². The monoisotopic (exact) mass is 316 g/mol. The molecule has 1 aromatic heterocycles. The average Bonchev–Trinajstić information content (AvgIpc) is 3.14. The highest BCUT2D eigenvalue weighted by molar-refractivity contribution is 7.99. The highest BCUT2D eigenvalue weighted by Crippen LogP contribution is 2.20. The number of imide groups is 1. The van der Waals surface area contributed by atoms with Crippen molar-refractivity contribution in [2.75, 3.05) is 12.3 Å². The predicted molar refractivity (Wildman–Crippen MR) is 83.2 cm³/mol. The SMILES string of the molecule is Cc1ccc(-c2nc(SCC(=O)N3CCCC3=O)n[nH]2)cc1. The Labute approximate surface area is 132 Å². The Morgan fingerprint density at radius 2 is 2.14 bits per heavy atom. The fourth-order valence-corrected chi connectivity index (χ4v) is 2.94. The van der Waals surface area contributed by atoms with Gasteiger partial charge in [-0.05, 0) is 13.3 Å². The molecule has 0 unspecified atom stereocenters. The van der Waals surface area contributed by atoms with Crippen molar-refractivity contribution in [1.29, 1.82) is 0 Å². The molecule has 114 valence electrons. The van der Waals surface area contributed by atoms with Crippen molar-refractivity contribution in [2.24, 2.45) is 0 Å². The van der Waals surface area contributed by atoms with E-state index in [1.807, 2.05) is 31.2 Å². The van der Waals surface area contributed by atoms with Gasteiger partial charge in [-0.3, -0.25) is 19.6 Å². The third-order valence-corrected chi connectivity index (χ3v) is 4.32. The van der Waals surface area contributed by atoms with Gasteiger partial charge < -0.3 is 0 Å². The van der Waals surface area contributed by atoms with E-state index in [1.54, 1.807) is 0 Å². The number of nitrogens with zero attached hydrogens (tertiary/aromatic N) is 3. The lowest BCUT2D eigenvalue weighted by atomic mass is 10.1. The number of hydrogen-bond acceptors (Lipinski definition) is 5. The van der Waals surface area contributed by atoms with Gasteiger partial charge in [-0.25, -0.2) is 4.98 Å². The smallest absolute Gasteiger partial charge is 0.239 e. The summed E-state index contributed by atoms with van der Waals surface area (Å²) >= 11 is 1.24. The van der Waals surface area contributed by atoms with Gasteiger partial charge in [0.15, 0.2) is 5.82 Å². The van der Waals surface area contributed by atoms with Gasteiger partial charge in [0.1, 0.15) is 0 Å². The van der Waals surface area contributed by atoms with Crippen LogP contribution in [0, 0.1) is 6.92 Å². The summed E-state index contributed by atoms with van der Waals surface area (Å²) < 4.78 is 0. The number of carbonyl (C=O) groups is 2. The molecule has 2 heterocycles. The normalized spacial score (nSPS) is 14.6. The number of hydrogen-bond donors (Lipinski definition) is 1. The molecule has 22 heavy (non-hydrogen) atoms. The number of aromatic amines is 1. The molecule has 0 bridgehead atoms. The quantitative estimate of drug-likeness (QED) is 0.873. The number of H-pyrrole nitrogens is 1. The molecule has 2 amide bonds. The van der Waals surface area contributed by atoms with Crippen LogP contribution >= 0.6 is 11.8 Å². The van der Waals surface area contributed by atoms with Crippen molar-refractivity contribution in [2.45, 2.75) is 24.9 Å². The van der Waals surface area contributed by atoms with Crippen LogP contribution in [0.3, 0.4) is 0 Å². The number of carbonyl (C=O) groups excluding carboxylic acids is 2. The van der Waals surface area contributed by atoms with E-state index in [-0.39, 0.29) is 17.6 Å². The Morgan fingerprint density at radius 3 is 2.82 bits per heavy atom. The summed E-state index contributed by atoms with van der Waals surface area (Å²) in [5.74, 6) is 0.596. The maximum absolute atomic E-state index is 12.0. The molecule has 0 spiro atoms. The summed E-state index contributed by atoms with van der Waals surface area (Å²) in [5.41, 5.74) is 2.13. The van der Waals surface area contributed by atoms with Crippen LogP contribution in [0.15, 0.2) is 29.4 Å². The van der Waals surface area contributed by atoms with Crippen molar-refractivity contribution in [3.8, 4) is 11.4 Å². The fraction of sp³-hybridized carbons (Fsp3) is 0.333. The zero-order chi connectivity index (χ0) is 15.5. The van der Waals surface area contributed by atoms with E-state index in [9.17, 15) is 9.59 Å². The minimum Gasteiger partial charge on any atom is -0.282 e. The summed E-state index contributed by atoms with van der Waals surface area (Å²) in [6, 6.07) is 7.96. The lowest BCUT2D eigenvalue weighted by Gasteiger charge is -2.11. The molecule has 1 fully saturated rings. The molecular weight excluding hydrogens is 300 g/mol. The molecule has 1 N–H and O–H groups in total. The number of aromatic nitrogens is 3. The summed E-state index contributed by atoms with van der Waals surface area (Å²) in [6.07, 6.45) is 1.22. The van der Waals surface area contributed by atoms with Crippen LogP contribution in [-0.4, -0.2) is 44.2 Å². The number of aryl methyl sites for hydroxylation is 1. The molecular formula is C15H16N4O2S. The molecule has 3 rings (SSSR count). The minimum atomic E-state index is -0.172. The molecule has 0 atom stereocenters. The Kier molecular flexibility index (Phi) is 4.24. The van der Waals surface area contributed by atoms with E-state index in [2.05, 4.69) is 15.2 Å². The second-order valence-corrected chi connectivity index (χ2v) is 6.11. The summed E-state index contributed by atoms with van der Waals surface area (Å²) in [6.45, 7) is 2.55. The van der Waals surface area contributed by atoms with Crippen molar-refractivity contribution in [1.82, 2.24) is 20.1 Å². The standard InChI is InChI=1S/C15H16N4O2S/c1-10-4-6-11(7-5-10)14-16-15(18-17-14)22-9-13(21)19-8-2-3-12(19)20/h4-7H,2-3,8-9H2,1H3,(H,16,17,18). The maximum atomic E-state index is 12.0. The average molecular weight is 316 g/mol. The number of nitrogens with one attached hydrogen (secondary N) is 1. The van der Waals surface area contributed by atoms with Crippen molar-refractivity contribution in [3.63, 3.8) is 0 Å². The zero-order valence-electron chi connectivity index (χ0n) is 12.2. The number of thioether (sulfide) groups is 1. The van der Waals surface area contributed by atoms with Gasteiger partial charge in [0, 0.05) is 18.5 Å². The first-order valence-electron chi connectivity index (χ1n) is 7.09. The number of rotatable bonds is 4. The van der Waals surface area contributed by atoms with E-state index in [0.29, 0.717) is 23.9 Å². The number of likely N-dealkylation sites (tertiary alicyclic amines) is 1. The first-order chi connectivity index (χ1) is 10.6. The molecule has 7 heteroatoms. The van der Waals surface area contributed by atoms with Crippen LogP contribution in [0.2, 0.25) is 0 Å². The third-order valence-electron chi connectivity index (χ3n) is 3.49. The molecule has 1 aromatic carbocycles. The van der Waals surface area contributed by atoms with Crippen LogP contribution in [-0.2, 0) is 9.59 Å². The first-order valence-corrected chi connectivity index (χ1v) is 8.07. The van der Waals surface area contributed by atoms with Gasteiger partial charge in [0.25, 0.3) is 0 Å². The summed E-state index contributed by atoms with van der Waals surface area (Å²) in [5, 5.41) is 7.48. The highest BCUT2D eigenvalue weighted by atomic mass is 32.2. The van der Waals surface area contributed by atoms with Gasteiger partial charge in [-0.1, -0.05) is 41.6 Å². The van der Waals surface area contributed by atoms with Crippen LogP contribution < -0.4 is 0 Å². The van der Waals surface area contributed by atoms with Gasteiger partial charge in [0.2, 0.25) is 17.0 Å². The van der Waals surface area contributed by atoms with E-state index in [0.717, 1.165) is 12.0 Å². The largest absolute Gasteiger partial charge is 0.282 e. The second-order valence-electron chi connectivity index (χ2n) is 5.16. The molecule has 1 aliphatic heterocycles. The van der Waals surface area contributed by atoms with Gasteiger partial charge in [-0.2, -0.15) is 0 Å². The minimum absolute atomic E-state index is 0.0825. The van der Waals surface area contributed by atoms with Crippen molar-refractivity contribution >= 4 is 23.6 Å². The lowest BCUT2D eigenvalue weighted by Crippen LogP contribution is -2.33. The van der Waals surface area contributed by atoms with Gasteiger partial charge in [-0.15, -0.1) is 5.10 Å². The van der Waals surface area contributed by atoms with E-state index >= 15 is 0 Å². The van der Waals surface area contributed by atoms with Crippen molar-refractivity contribution in [3.05, 3.63) is 29.8 Å². The Morgan fingerprint density at radius 1 is 1.36 bits per heavy atom. The van der Waals surface area contributed by atoms with Crippen LogP contribution in [0.1, 0.15) is 18.4 Å². The second kappa shape index (κ2) is 6.31. The Hall–Kier alpha value is -2.15. The molecule has 2 aromatic rings. The van der Waals surface area contributed by atoms with E-state index in [4.69, 9.17) is 0 Å². The third kappa shape index (κ3) is 3.19. The topological polar surface area (TPSA) is 79.0 Å². The van der Waals surface area contributed by atoms with Crippen molar-refractivity contribution < 1.29 is 9.59 Å². The molecule has 1 aliphatic rings. The Bertz CT molecular complexity index is 696. The fourth-order valence-electron chi connectivity index (χ4n) is 2.27. The van der Waals surface area contributed by atoms with E-state index < -0.39 is 0 Å². The number of benzene rings is 1. The molecule has 1 saturated heterocycles. The van der Waals surface area contributed by atoms with Crippen LogP contribution in [0.5, 0.6) is 0 Å². The first kappa shape index (κ1) is 14.8. The zero-order valence-corrected chi connectivity index (χ0v) is 13.0. The number of amides is 2. The van der Waals surface area contributed by atoms with Crippen LogP contribution in [0.4, 0.5) is 0 Å². The molecule has 6 nitrogen and oxygen atoms in total. The predicted octanol–water partition coefficient (Wildman–Crippen LogP) is 2.02. The van der Waals surface area contributed by atoms with Crippen LogP contribution in [0.25, 0.3) is 11.4 Å². The Balaban J connectivity index is 1.61. The molecule has 0 saturated carbocycles. The maximum Gasteiger partial charge on any atom is 0.239 e. The van der Waals surface area contributed by atoms with Gasteiger partial charge in [0.05, 0.1) is 5.75 Å².